The number of likely N-dealkylation sites (tertiary alicyclic amines) is 2. The normalized spacial score (nSPS) is 20.0. The van der Waals surface area contributed by atoms with Crippen LogP contribution in [-0.4, -0.2) is 47.9 Å². The van der Waals surface area contributed by atoms with Crippen molar-refractivity contribution < 1.29 is 4.79 Å². The zero-order valence-corrected chi connectivity index (χ0v) is 17.1. The maximum atomic E-state index is 13.1. The second-order valence-electron chi connectivity index (χ2n) is 8.33. The number of carbonyl (C=O) groups is 1. The van der Waals surface area contributed by atoms with Crippen molar-refractivity contribution in [3.05, 3.63) is 59.7 Å². The van der Waals surface area contributed by atoms with Gasteiger partial charge < -0.3 is 9.80 Å². The predicted octanol–water partition coefficient (Wildman–Crippen LogP) is 5.01. The molecule has 2 heterocycles. The first kappa shape index (κ1) is 19.2. The van der Waals surface area contributed by atoms with E-state index in [4.69, 9.17) is 0 Å². The third-order valence-electron chi connectivity index (χ3n) is 6.26. The number of benzene rings is 2. The first-order chi connectivity index (χ1) is 13.7. The average Bonchev–Trinajstić information content (AvgIpc) is 3.41. The Balaban J connectivity index is 1.43. The maximum absolute atomic E-state index is 13.1. The van der Waals surface area contributed by atoms with Crippen molar-refractivity contribution in [1.29, 1.82) is 0 Å². The Labute approximate surface area is 169 Å². The number of rotatable bonds is 6. The smallest absolute Gasteiger partial charge is 0.254 e. The second-order valence-corrected chi connectivity index (χ2v) is 8.33. The standard InChI is InChI=1S/C25H32N2O/c1-2-6-20-8-10-21(11-9-20)22-12-14-23(15-13-22)25(28)27-18-5-7-24(27)19-26-16-3-4-17-26/h8-15,24H,2-7,16-19H2,1H3. The molecule has 0 aliphatic carbocycles. The highest BCUT2D eigenvalue weighted by Gasteiger charge is 2.31. The van der Waals surface area contributed by atoms with Gasteiger partial charge in [-0.25, -0.2) is 0 Å². The molecule has 2 aliphatic rings. The van der Waals surface area contributed by atoms with Gasteiger partial charge in [0.05, 0.1) is 0 Å². The van der Waals surface area contributed by atoms with Crippen LogP contribution in [0.25, 0.3) is 11.1 Å². The minimum Gasteiger partial charge on any atom is -0.334 e. The van der Waals surface area contributed by atoms with Gasteiger partial charge in [-0.05, 0) is 74.0 Å². The lowest BCUT2D eigenvalue weighted by atomic mass is 10.0. The summed E-state index contributed by atoms with van der Waals surface area (Å²) in [5.74, 6) is 0.201. The van der Waals surface area contributed by atoms with Crippen molar-refractivity contribution in [2.75, 3.05) is 26.2 Å². The molecule has 2 aromatic rings. The van der Waals surface area contributed by atoms with Gasteiger partial charge in [0.25, 0.3) is 5.91 Å². The molecule has 3 heteroatoms. The van der Waals surface area contributed by atoms with Crippen molar-refractivity contribution in [3.63, 3.8) is 0 Å². The van der Waals surface area contributed by atoms with Crippen LogP contribution in [0.1, 0.15) is 54.9 Å². The van der Waals surface area contributed by atoms with Gasteiger partial charge in [0.1, 0.15) is 0 Å². The molecule has 0 spiro atoms. The third kappa shape index (κ3) is 4.30. The van der Waals surface area contributed by atoms with Crippen molar-refractivity contribution in [1.82, 2.24) is 9.80 Å². The summed E-state index contributed by atoms with van der Waals surface area (Å²) in [6.45, 7) is 6.56. The molecule has 1 unspecified atom stereocenters. The Hall–Kier alpha value is -2.13. The van der Waals surface area contributed by atoms with E-state index < -0.39 is 0 Å². The van der Waals surface area contributed by atoms with Crippen LogP contribution in [-0.2, 0) is 6.42 Å². The van der Waals surface area contributed by atoms with Crippen molar-refractivity contribution in [2.45, 2.75) is 51.5 Å². The number of amides is 1. The van der Waals surface area contributed by atoms with Crippen LogP contribution in [0, 0.1) is 0 Å². The summed E-state index contributed by atoms with van der Waals surface area (Å²) in [7, 11) is 0. The van der Waals surface area contributed by atoms with E-state index in [-0.39, 0.29) is 5.91 Å². The molecule has 1 atom stereocenters. The summed E-state index contributed by atoms with van der Waals surface area (Å²) in [6.07, 6.45) is 7.19. The largest absolute Gasteiger partial charge is 0.334 e. The lowest BCUT2D eigenvalue weighted by Gasteiger charge is -2.28. The van der Waals surface area contributed by atoms with Gasteiger partial charge in [-0.2, -0.15) is 0 Å². The minimum atomic E-state index is 0.201. The van der Waals surface area contributed by atoms with Gasteiger partial charge in [0, 0.05) is 24.7 Å². The van der Waals surface area contributed by atoms with Crippen LogP contribution >= 0.6 is 0 Å². The topological polar surface area (TPSA) is 23.6 Å². The molecule has 2 saturated heterocycles. The molecule has 2 fully saturated rings. The highest BCUT2D eigenvalue weighted by Crippen LogP contribution is 2.25. The number of hydrogen-bond acceptors (Lipinski definition) is 2. The first-order valence-electron chi connectivity index (χ1n) is 11.0. The Morgan fingerprint density at radius 2 is 1.54 bits per heavy atom. The van der Waals surface area contributed by atoms with Crippen LogP contribution in [0.2, 0.25) is 0 Å². The van der Waals surface area contributed by atoms with Crippen LogP contribution in [0.15, 0.2) is 48.5 Å². The molecular formula is C25H32N2O. The zero-order valence-electron chi connectivity index (χ0n) is 17.1. The molecule has 0 saturated carbocycles. The molecule has 0 N–H and O–H groups in total. The summed E-state index contributed by atoms with van der Waals surface area (Å²) >= 11 is 0. The van der Waals surface area contributed by atoms with E-state index in [9.17, 15) is 4.79 Å². The fraction of sp³-hybridized carbons (Fsp3) is 0.480. The summed E-state index contributed by atoms with van der Waals surface area (Å²) in [5, 5.41) is 0. The molecule has 3 nitrogen and oxygen atoms in total. The van der Waals surface area contributed by atoms with E-state index in [2.05, 4.69) is 53.1 Å². The lowest BCUT2D eigenvalue weighted by Crippen LogP contribution is -2.42. The molecule has 1 amide bonds. The zero-order chi connectivity index (χ0) is 19.3. The van der Waals surface area contributed by atoms with Crippen molar-refractivity contribution >= 4 is 5.91 Å². The minimum absolute atomic E-state index is 0.201. The van der Waals surface area contributed by atoms with Crippen LogP contribution < -0.4 is 0 Å². The van der Waals surface area contributed by atoms with E-state index in [1.807, 2.05) is 12.1 Å². The fourth-order valence-electron chi connectivity index (χ4n) is 4.68. The predicted molar refractivity (Wildman–Crippen MR) is 116 cm³/mol. The number of hydrogen-bond donors (Lipinski definition) is 0. The summed E-state index contributed by atoms with van der Waals surface area (Å²) < 4.78 is 0. The molecule has 2 aromatic carbocycles. The monoisotopic (exact) mass is 376 g/mol. The van der Waals surface area contributed by atoms with Gasteiger partial charge in [-0.15, -0.1) is 0 Å². The van der Waals surface area contributed by atoms with Gasteiger partial charge in [-0.3, -0.25) is 4.79 Å². The molecule has 28 heavy (non-hydrogen) atoms. The Morgan fingerprint density at radius 1 is 0.893 bits per heavy atom. The molecule has 0 bridgehead atoms. The second kappa shape index (κ2) is 8.91. The van der Waals surface area contributed by atoms with E-state index in [0.717, 1.165) is 37.9 Å². The number of carbonyl (C=O) groups excluding carboxylic acids is 1. The summed E-state index contributed by atoms with van der Waals surface area (Å²) in [5.41, 5.74) is 4.59. The maximum Gasteiger partial charge on any atom is 0.254 e. The Kier molecular flexibility index (Phi) is 6.11. The van der Waals surface area contributed by atoms with Gasteiger partial charge in [-0.1, -0.05) is 49.7 Å². The van der Waals surface area contributed by atoms with Crippen LogP contribution in [0.3, 0.4) is 0 Å². The van der Waals surface area contributed by atoms with Crippen molar-refractivity contribution in [3.8, 4) is 11.1 Å². The van der Waals surface area contributed by atoms with E-state index in [0.29, 0.717) is 6.04 Å². The van der Waals surface area contributed by atoms with E-state index >= 15 is 0 Å². The molecule has 4 rings (SSSR count). The van der Waals surface area contributed by atoms with Crippen LogP contribution in [0.4, 0.5) is 0 Å². The van der Waals surface area contributed by atoms with Gasteiger partial charge in [0.2, 0.25) is 0 Å². The molecule has 2 aliphatic heterocycles. The van der Waals surface area contributed by atoms with E-state index in [1.54, 1.807) is 0 Å². The molecular weight excluding hydrogens is 344 g/mol. The highest BCUT2D eigenvalue weighted by molar-refractivity contribution is 5.95. The SMILES string of the molecule is CCCc1ccc(-c2ccc(C(=O)N3CCCC3CN3CCCC3)cc2)cc1. The Bertz CT molecular complexity index is 775. The van der Waals surface area contributed by atoms with Crippen LogP contribution in [0.5, 0.6) is 0 Å². The summed E-state index contributed by atoms with van der Waals surface area (Å²) in [4.78, 5) is 17.8. The molecule has 148 valence electrons. The quantitative estimate of drug-likeness (QED) is 0.708. The first-order valence-corrected chi connectivity index (χ1v) is 11.0. The number of aryl methyl sites for hydroxylation is 1. The van der Waals surface area contributed by atoms with Crippen molar-refractivity contribution in [2.24, 2.45) is 0 Å². The number of nitrogens with zero attached hydrogens (tertiary/aromatic N) is 2. The molecule has 0 radical (unpaired) electrons. The molecule has 0 aromatic heterocycles. The summed E-state index contributed by atoms with van der Waals surface area (Å²) in [6, 6.07) is 17.4. The third-order valence-corrected chi connectivity index (χ3v) is 6.26. The van der Waals surface area contributed by atoms with Gasteiger partial charge >= 0.3 is 0 Å². The fourth-order valence-corrected chi connectivity index (χ4v) is 4.68. The van der Waals surface area contributed by atoms with Gasteiger partial charge in [0.15, 0.2) is 0 Å². The highest BCUT2D eigenvalue weighted by atomic mass is 16.2. The Morgan fingerprint density at radius 3 is 2.18 bits per heavy atom. The lowest BCUT2D eigenvalue weighted by molar-refractivity contribution is 0.0709. The average molecular weight is 377 g/mol. The van der Waals surface area contributed by atoms with E-state index in [1.165, 1.54) is 49.0 Å².